The lowest BCUT2D eigenvalue weighted by atomic mass is 10.1. The minimum Gasteiger partial charge on any atom is -0.490 e. The van der Waals surface area contributed by atoms with E-state index >= 15 is 0 Å². The number of halogens is 1. The summed E-state index contributed by atoms with van der Waals surface area (Å²) in [6.45, 7) is 4.86. The Morgan fingerprint density at radius 1 is 1.06 bits per heavy atom. The second-order valence-corrected chi connectivity index (χ2v) is 9.14. The smallest absolute Gasteiger partial charge is 0.227 e. The molecule has 0 unspecified atom stereocenters. The molecule has 2 heterocycles. The molecular weight excluding hydrogens is 445 g/mol. The van der Waals surface area contributed by atoms with Gasteiger partial charge in [0, 0.05) is 24.6 Å². The molecule has 1 saturated heterocycles. The van der Waals surface area contributed by atoms with Gasteiger partial charge in [0.25, 0.3) is 0 Å². The average molecular weight is 474 g/mol. The number of para-hydroxylation sites is 3. The van der Waals surface area contributed by atoms with Gasteiger partial charge in [-0.2, -0.15) is 0 Å². The van der Waals surface area contributed by atoms with Gasteiger partial charge in [-0.25, -0.2) is 9.37 Å². The van der Waals surface area contributed by atoms with E-state index in [1.165, 1.54) is 12.1 Å². The SMILES string of the molecule is Cc1cccc(C)c1OC[C@H](O)Cn1c([C@H]2CC(=O)N(c3ccc(F)cc3)C2)nc2ccccc21. The number of fused-ring (bicyclic) bond motifs is 1. The average Bonchev–Trinajstić information content (AvgIpc) is 3.40. The normalized spacial score (nSPS) is 16.7. The molecule has 1 fully saturated rings. The predicted octanol–water partition coefficient (Wildman–Crippen LogP) is 4.75. The lowest BCUT2D eigenvalue weighted by Gasteiger charge is -2.20. The van der Waals surface area contributed by atoms with Crippen molar-refractivity contribution in [3.63, 3.8) is 0 Å². The Morgan fingerprint density at radius 3 is 2.51 bits per heavy atom. The first-order valence-corrected chi connectivity index (χ1v) is 11.8. The van der Waals surface area contributed by atoms with Crippen molar-refractivity contribution in [2.24, 2.45) is 0 Å². The standard InChI is InChI=1S/C28H28FN3O3/c1-18-6-5-7-19(2)27(18)35-17-23(33)16-32-25-9-4-3-8-24(25)30-28(32)20-14-26(34)31(15-20)22-12-10-21(29)11-13-22/h3-13,20,23,33H,14-17H2,1-2H3/t20-,23+/m0/s1. The van der Waals surface area contributed by atoms with E-state index in [0.29, 0.717) is 25.2 Å². The van der Waals surface area contributed by atoms with Crippen LogP contribution in [0.5, 0.6) is 5.75 Å². The van der Waals surface area contributed by atoms with E-state index in [-0.39, 0.29) is 24.2 Å². The summed E-state index contributed by atoms with van der Waals surface area (Å²) in [6.07, 6.45) is -0.467. The highest BCUT2D eigenvalue weighted by atomic mass is 19.1. The third kappa shape index (κ3) is 4.64. The Bertz CT molecular complexity index is 1350. The van der Waals surface area contributed by atoms with Crippen LogP contribution in [-0.2, 0) is 11.3 Å². The van der Waals surface area contributed by atoms with Crippen molar-refractivity contribution in [1.29, 1.82) is 0 Å². The highest BCUT2D eigenvalue weighted by molar-refractivity contribution is 5.96. The van der Waals surface area contributed by atoms with Crippen LogP contribution in [0.15, 0.2) is 66.7 Å². The number of rotatable bonds is 7. The molecular formula is C28H28FN3O3. The molecule has 3 aromatic carbocycles. The van der Waals surface area contributed by atoms with E-state index in [1.807, 2.05) is 60.9 Å². The summed E-state index contributed by atoms with van der Waals surface area (Å²) in [7, 11) is 0. The van der Waals surface area contributed by atoms with Gasteiger partial charge in [0.15, 0.2) is 0 Å². The van der Waals surface area contributed by atoms with Crippen molar-refractivity contribution in [3.05, 3.63) is 89.5 Å². The monoisotopic (exact) mass is 473 g/mol. The van der Waals surface area contributed by atoms with Gasteiger partial charge in [-0.05, 0) is 61.4 Å². The highest BCUT2D eigenvalue weighted by Crippen LogP contribution is 2.33. The molecule has 1 aromatic heterocycles. The van der Waals surface area contributed by atoms with Crippen LogP contribution in [0.2, 0.25) is 0 Å². The molecule has 0 bridgehead atoms. The number of imidazole rings is 1. The number of aliphatic hydroxyl groups excluding tert-OH is 1. The fourth-order valence-corrected chi connectivity index (χ4v) is 4.82. The molecule has 0 radical (unpaired) electrons. The van der Waals surface area contributed by atoms with Gasteiger partial charge < -0.3 is 19.3 Å². The Kier molecular flexibility index (Phi) is 6.26. The molecule has 0 aliphatic carbocycles. The summed E-state index contributed by atoms with van der Waals surface area (Å²) in [5.74, 6) is 1.04. The van der Waals surface area contributed by atoms with Crippen molar-refractivity contribution in [2.45, 2.75) is 38.8 Å². The number of aromatic nitrogens is 2. The molecule has 1 aliphatic heterocycles. The number of aliphatic hydroxyl groups is 1. The Morgan fingerprint density at radius 2 is 1.77 bits per heavy atom. The highest BCUT2D eigenvalue weighted by Gasteiger charge is 2.35. The zero-order valence-electron chi connectivity index (χ0n) is 19.8. The number of amides is 1. The fourth-order valence-electron chi connectivity index (χ4n) is 4.82. The first-order valence-electron chi connectivity index (χ1n) is 11.8. The summed E-state index contributed by atoms with van der Waals surface area (Å²) >= 11 is 0. The minimum absolute atomic E-state index is 0.0286. The zero-order valence-corrected chi connectivity index (χ0v) is 19.8. The van der Waals surface area contributed by atoms with Crippen LogP contribution in [-0.4, -0.2) is 39.8 Å². The van der Waals surface area contributed by atoms with E-state index in [1.54, 1.807) is 17.0 Å². The number of hydrogen-bond acceptors (Lipinski definition) is 4. The van der Waals surface area contributed by atoms with E-state index in [4.69, 9.17) is 9.72 Å². The van der Waals surface area contributed by atoms with Gasteiger partial charge in [-0.3, -0.25) is 4.79 Å². The number of aryl methyl sites for hydroxylation is 2. The van der Waals surface area contributed by atoms with Gasteiger partial charge in [-0.15, -0.1) is 0 Å². The van der Waals surface area contributed by atoms with E-state index in [9.17, 15) is 14.3 Å². The maximum atomic E-state index is 13.4. The zero-order chi connectivity index (χ0) is 24.5. The van der Waals surface area contributed by atoms with Crippen LogP contribution in [0.4, 0.5) is 10.1 Å². The summed E-state index contributed by atoms with van der Waals surface area (Å²) in [6, 6.07) is 19.7. The van der Waals surface area contributed by atoms with Gasteiger partial charge >= 0.3 is 0 Å². The van der Waals surface area contributed by atoms with Crippen molar-refractivity contribution >= 4 is 22.6 Å². The molecule has 5 rings (SSSR count). The first-order chi connectivity index (χ1) is 16.9. The van der Waals surface area contributed by atoms with Crippen LogP contribution in [0.1, 0.15) is 29.3 Å². The predicted molar refractivity (Wildman–Crippen MR) is 133 cm³/mol. The van der Waals surface area contributed by atoms with Crippen LogP contribution >= 0.6 is 0 Å². The largest absolute Gasteiger partial charge is 0.490 e. The van der Waals surface area contributed by atoms with Gasteiger partial charge in [0.1, 0.15) is 30.1 Å². The summed E-state index contributed by atoms with van der Waals surface area (Å²) in [4.78, 5) is 19.4. The first kappa shape index (κ1) is 23.1. The van der Waals surface area contributed by atoms with Crippen LogP contribution in [0, 0.1) is 19.7 Å². The Hall–Kier alpha value is -3.71. The fraction of sp³-hybridized carbons (Fsp3) is 0.286. The molecule has 6 nitrogen and oxygen atoms in total. The maximum absolute atomic E-state index is 13.4. The van der Waals surface area contributed by atoms with Crippen LogP contribution in [0.25, 0.3) is 11.0 Å². The summed E-state index contributed by atoms with van der Waals surface area (Å²) < 4.78 is 21.4. The molecule has 0 saturated carbocycles. The number of hydrogen-bond donors (Lipinski definition) is 1. The van der Waals surface area contributed by atoms with Crippen molar-refractivity contribution < 1.29 is 19.0 Å². The molecule has 1 N–H and O–H groups in total. The quantitative estimate of drug-likeness (QED) is 0.421. The summed E-state index contributed by atoms with van der Waals surface area (Å²) in [5, 5.41) is 10.9. The lowest BCUT2D eigenvalue weighted by Crippen LogP contribution is -2.26. The molecule has 4 aromatic rings. The number of anilines is 1. The summed E-state index contributed by atoms with van der Waals surface area (Å²) in [5.41, 5.74) is 4.44. The minimum atomic E-state index is -0.768. The van der Waals surface area contributed by atoms with Crippen LogP contribution < -0.4 is 9.64 Å². The van der Waals surface area contributed by atoms with Gasteiger partial charge in [0.05, 0.1) is 17.6 Å². The Balaban J connectivity index is 1.39. The molecule has 0 spiro atoms. The Labute approximate surface area is 203 Å². The lowest BCUT2D eigenvalue weighted by molar-refractivity contribution is -0.117. The van der Waals surface area contributed by atoms with E-state index < -0.39 is 6.10 Å². The van der Waals surface area contributed by atoms with Gasteiger partial charge in [0.2, 0.25) is 5.91 Å². The van der Waals surface area contributed by atoms with Crippen molar-refractivity contribution in [2.75, 3.05) is 18.1 Å². The number of carbonyl (C=O) groups excluding carboxylic acids is 1. The third-order valence-electron chi connectivity index (χ3n) is 6.53. The number of ether oxygens (including phenoxy) is 1. The molecule has 1 aliphatic rings. The number of benzene rings is 3. The van der Waals surface area contributed by atoms with Crippen LogP contribution in [0.3, 0.4) is 0 Å². The number of nitrogens with zero attached hydrogens (tertiary/aromatic N) is 3. The molecule has 35 heavy (non-hydrogen) atoms. The second kappa shape index (κ2) is 9.50. The van der Waals surface area contributed by atoms with E-state index in [0.717, 1.165) is 33.7 Å². The maximum Gasteiger partial charge on any atom is 0.227 e. The second-order valence-electron chi connectivity index (χ2n) is 9.14. The van der Waals surface area contributed by atoms with Crippen molar-refractivity contribution in [1.82, 2.24) is 9.55 Å². The molecule has 7 heteroatoms. The van der Waals surface area contributed by atoms with Gasteiger partial charge in [-0.1, -0.05) is 30.3 Å². The molecule has 180 valence electrons. The topological polar surface area (TPSA) is 67.6 Å². The third-order valence-corrected chi connectivity index (χ3v) is 6.53. The number of carbonyl (C=O) groups is 1. The molecule has 1 amide bonds. The van der Waals surface area contributed by atoms with Crippen molar-refractivity contribution in [3.8, 4) is 5.75 Å². The molecule has 2 atom stereocenters. The van der Waals surface area contributed by atoms with E-state index in [2.05, 4.69) is 0 Å².